The topological polar surface area (TPSA) is 91.5 Å². The minimum atomic E-state index is -1.20. The zero-order valence-electron chi connectivity index (χ0n) is 13.4. The Labute approximate surface area is 143 Å². The van der Waals surface area contributed by atoms with Crippen LogP contribution in [0.5, 0.6) is 11.5 Å². The van der Waals surface area contributed by atoms with Crippen LogP contribution in [0.15, 0.2) is 52.7 Å². The Bertz CT molecular complexity index is 1040. The summed E-state index contributed by atoms with van der Waals surface area (Å²) < 4.78 is 5.46. The van der Waals surface area contributed by atoms with Crippen LogP contribution >= 0.6 is 0 Å². The predicted octanol–water partition coefficient (Wildman–Crippen LogP) is 5.04. The molecule has 1 aliphatic rings. The molecule has 0 unspecified atom stereocenters. The number of benzene rings is 3. The molecule has 3 aromatic carbocycles. The third kappa shape index (κ3) is 2.22. The molecule has 2 N–H and O–H groups in total. The predicted molar refractivity (Wildman–Crippen MR) is 93.4 cm³/mol. The molecular formula is C19H14N2O4. The van der Waals surface area contributed by atoms with E-state index in [-0.39, 0.29) is 17.0 Å². The second-order valence-electron chi connectivity index (χ2n) is 5.61. The zero-order valence-corrected chi connectivity index (χ0v) is 13.4. The fraction of sp³-hybridized carbons (Fsp3) is 0.105. The number of fused-ring (bicyclic) bond motifs is 3. The number of rotatable bonds is 4. The lowest BCUT2D eigenvalue weighted by Gasteiger charge is -2.18. The van der Waals surface area contributed by atoms with Crippen molar-refractivity contribution in [2.75, 3.05) is 6.61 Å². The van der Waals surface area contributed by atoms with Crippen molar-refractivity contribution < 1.29 is 19.7 Å². The molecule has 1 heterocycles. The molecule has 0 saturated carbocycles. The van der Waals surface area contributed by atoms with Gasteiger partial charge in [-0.15, -0.1) is 10.2 Å². The van der Waals surface area contributed by atoms with Crippen molar-refractivity contribution in [1.82, 2.24) is 0 Å². The molecule has 0 radical (unpaired) electrons. The molecule has 25 heavy (non-hydrogen) atoms. The Morgan fingerprint density at radius 3 is 2.40 bits per heavy atom. The number of ether oxygens (including phenoxy) is 1. The number of azo groups is 1. The number of carbonyl (C=O) groups is 1. The van der Waals surface area contributed by atoms with Crippen molar-refractivity contribution in [2.24, 2.45) is 10.2 Å². The van der Waals surface area contributed by atoms with Gasteiger partial charge in [0.05, 0.1) is 6.61 Å². The van der Waals surface area contributed by atoms with E-state index < -0.39 is 5.97 Å². The molecule has 4 rings (SSSR count). The highest BCUT2D eigenvalue weighted by Crippen LogP contribution is 2.54. The number of carboxylic acid groups (broad SMARTS) is 1. The Kier molecular flexibility index (Phi) is 3.39. The molecule has 1 aliphatic heterocycles. The molecule has 0 amide bonds. The molecule has 3 aromatic rings. The SMILES string of the molecule is CCOc1ccc(-c2cccc3c(C(=O)O)c(O)c4c(c23)N=N4)cc1. The maximum absolute atomic E-state index is 11.6. The van der Waals surface area contributed by atoms with E-state index in [9.17, 15) is 15.0 Å². The van der Waals surface area contributed by atoms with E-state index in [1.54, 1.807) is 12.1 Å². The van der Waals surface area contributed by atoms with E-state index in [0.29, 0.717) is 23.1 Å². The summed E-state index contributed by atoms with van der Waals surface area (Å²) in [7, 11) is 0. The van der Waals surface area contributed by atoms with E-state index in [1.807, 2.05) is 37.3 Å². The summed E-state index contributed by atoms with van der Waals surface area (Å²) in [6, 6.07) is 12.9. The number of aromatic hydroxyl groups is 1. The maximum atomic E-state index is 11.6. The third-order valence-corrected chi connectivity index (χ3v) is 4.20. The van der Waals surface area contributed by atoms with Crippen LogP contribution in [0, 0.1) is 0 Å². The fourth-order valence-corrected chi connectivity index (χ4v) is 3.09. The summed E-state index contributed by atoms with van der Waals surface area (Å²) in [5.74, 6) is -0.770. The van der Waals surface area contributed by atoms with Crippen LogP contribution in [-0.4, -0.2) is 22.8 Å². The van der Waals surface area contributed by atoms with Crippen LogP contribution in [0.25, 0.3) is 21.9 Å². The highest BCUT2D eigenvalue weighted by Gasteiger charge is 2.28. The van der Waals surface area contributed by atoms with Gasteiger partial charge in [-0.3, -0.25) is 0 Å². The molecule has 124 valence electrons. The summed E-state index contributed by atoms with van der Waals surface area (Å²) in [4.78, 5) is 11.6. The van der Waals surface area contributed by atoms with Gasteiger partial charge in [-0.1, -0.05) is 30.3 Å². The van der Waals surface area contributed by atoms with Crippen LogP contribution in [-0.2, 0) is 0 Å². The molecular weight excluding hydrogens is 320 g/mol. The van der Waals surface area contributed by atoms with Crippen molar-refractivity contribution in [3.05, 3.63) is 48.0 Å². The van der Waals surface area contributed by atoms with E-state index in [4.69, 9.17) is 4.74 Å². The highest BCUT2D eigenvalue weighted by atomic mass is 16.5. The van der Waals surface area contributed by atoms with Crippen molar-refractivity contribution in [2.45, 2.75) is 6.92 Å². The molecule has 6 nitrogen and oxygen atoms in total. The average Bonchev–Trinajstić information content (AvgIpc) is 2.55. The van der Waals surface area contributed by atoms with E-state index in [1.165, 1.54) is 0 Å². The average molecular weight is 334 g/mol. The molecule has 0 spiro atoms. The van der Waals surface area contributed by atoms with Crippen molar-refractivity contribution in [3.8, 4) is 22.6 Å². The number of phenols is 1. The smallest absolute Gasteiger partial charge is 0.340 e. The molecule has 6 heteroatoms. The largest absolute Gasteiger partial charge is 0.505 e. The van der Waals surface area contributed by atoms with Crippen LogP contribution in [0.3, 0.4) is 0 Å². The summed E-state index contributed by atoms with van der Waals surface area (Å²) in [6.45, 7) is 2.51. The molecule has 0 atom stereocenters. The summed E-state index contributed by atoms with van der Waals surface area (Å²) in [6.07, 6.45) is 0. The van der Waals surface area contributed by atoms with Gasteiger partial charge in [0.25, 0.3) is 0 Å². The Balaban J connectivity index is 1.99. The number of aromatic carboxylic acids is 1. The monoisotopic (exact) mass is 334 g/mol. The van der Waals surface area contributed by atoms with Gasteiger partial charge >= 0.3 is 5.97 Å². The Morgan fingerprint density at radius 1 is 1.08 bits per heavy atom. The fourth-order valence-electron chi connectivity index (χ4n) is 3.09. The first-order valence-corrected chi connectivity index (χ1v) is 7.81. The lowest BCUT2D eigenvalue weighted by molar-refractivity contribution is 0.0696. The molecule has 0 fully saturated rings. The highest BCUT2D eigenvalue weighted by molar-refractivity contribution is 6.18. The van der Waals surface area contributed by atoms with E-state index >= 15 is 0 Å². The van der Waals surface area contributed by atoms with Gasteiger partial charge in [0.15, 0.2) is 11.4 Å². The maximum Gasteiger partial charge on any atom is 0.340 e. The molecule has 0 saturated heterocycles. The number of nitrogens with zero attached hydrogens (tertiary/aromatic N) is 2. The van der Waals surface area contributed by atoms with Crippen LogP contribution in [0.2, 0.25) is 0 Å². The molecule has 0 bridgehead atoms. The zero-order chi connectivity index (χ0) is 17.6. The van der Waals surface area contributed by atoms with Crippen LogP contribution < -0.4 is 4.74 Å². The number of hydrogen-bond acceptors (Lipinski definition) is 5. The van der Waals surface area contributed by atoms with Gasteiger partial charge < -0.3 is 14.9 Å². The quantitative estimate of drug-likeness (QED) is 0.547. The van der Waals surface area contributed by atoms with E-state index in [2.05, 4.69) is 10.2 Å². The summed E-state index contributed by atoms with van der Waals surface area (Å²) in [5, 5.41) is 28.6. The van der Waals surface area contributed by atoms with Gasteiger partial charge in [-0.25, -0.2) is 4.79 Å². The Hall–Kier alpha value is -3.41. The standard InChI is InChI=1S/C19H14N2O4/c1-2-25-11-8-6-10(7-9-11)12-4-3-5-13-14(12)16-17(21-20-16)18(22)15(13)19(23)24/h3-9,22H,2H2,1H3,(H,23,24). The second-order valence-corrected chi connectivity index (χ2v) is 5.61. The molecule has 0 aliphatic carbocycles. The first kappa shape index (κ1) is 15.1. The summed E-state index contributed by atoms with van der Waals surface area (Å²) >= 11 is 0. The first-order valence-electron chi connectivity index (χ1n) is 7.81. The lowest BCUT2D eigenvalue weighted by atomic mass is 9.92. The van der Waals surface area contributed by atoms with E-state index in [0.717, 1.165) is 16.9 Å². The van der Waals surface area contributed by atoms with Gasteiger partial charge in [0, 0.05) is 10.8 Å². The van der Waals surface area contributed by atoms with Crippen molar-refractivity contribution in [1.29, 1.82) is 0 Å². The summed E-state index contributed by atoms with van der Waals surface area (Å²) in [5.41, 5.74) is 2.32. The van der Waals surface area contributed by atoms with Gasteiger partial charge in [-0.05, 0) is 30.2 Å². The van der Waals surface area contributed by atoms with Gasteiger partial charge in [-0.2, -0.15) is 0 Å². The van der Waals surface area contributed by atoms with Crippen LogP contribution in [0.1, 0.15) is 17.3 Å². The van der Waals surface area contributed by atoms with Gasteiger partial charge in [0.1, 0.15) is 17.0 Å². The van der Waals surface area contributed by atoms with Gasteiger partial charge in [0.2, 0.25) is 0 Å². The van der Waals surface area contributed by atoms with Crippen LogP contribution in [0.4, 0.5) is 11.4 Å². The van der Waals surface area contributed by atoms with Crippen molar-refractivity contribution >= 4 is 28.1 Å². The number of hydrogen-bond donors (Lipinski definition) is 2. The normalized spacial score (nSPS) is 11.9. The third-order valence-electron chi connectivity index (χ3n) is 4.20. The number of carboxylic acids is 1. The molecule has 0 aromatic heterocycles. The lowest BCUT2D eigenvalue weighted by Crippen LogP contribution is -2.01. The van der Waals surface area contributed by atoms with Crippen molar-refractivity contribution in [3.63, 3.8) is 0 Å². The minimum absolute atomic E-state index is 0.153. The second kappa shape index (κ2) is 5.59. The minimum Gasteiger partial charge on any atom is -0.505 e. The first-order chi connectivity index (χ1) is 12.1. The Morgan fingerprint density at radius 2 is 1.80 bits per heavy atom.